The van der Waals surface area contributed by atoms with E-state index in [0.29, 0.717) is 12.4 Å². The summed E-state index contributed by atoms with van der Waals surface area (Å²) in [5.74, 6) is -0.325. The van der Waals surface area contributed by atoms with Crippen molar-refractivity contribution >= 4 is 23.5 Å². The summed E-state index contributed by atoms with van der Waals surface area (Å²) in [7, 11) is 3.91. The van der Waals surface area contributed by atoms with Gasteiger partial charge in [0.25, 0.3) is 5.91 Å². The lowest BCUT2D eigenvalue weighted by atomic mass is 9.87. The number of nitrogens with one attached hydrogen (secondary N) is 1. The average molecular weight is 425 g/mol. The minimum Gasteiger partial charge on any atom is -0.449 e. The number of ether oxygens (including phenoxy) is 1. The molecule has 0 spiro atoms. The van der Waals surface area contributed by atoms with Crippen molar-refractivity contribution in [2.45, 2.75) is 18.4 Å². The van der Waals surface area contributed by atoms with Gasteiger partial charge in [0.15, 0.2) is 5.82 Å². The number of hydrogen-bond donors (Lipinski definition) is 2. The Hall–Kier alpha value is -3.58. The molecule has 31 heavy (non-hydrogen) atoms. The summed E-state index contributed by atoms with van der Waals surface area (Å²) in [6, 6.07) is 11.4. The van der Waals surface area contributed by atoms with E-state index in [1.807, 2.05) is 49.3 Å². The Labute approximate surface area is 181 Å². The zero-order valence-corrected chi connectivity index (χ0v) is 17.7. The summed E-state index contributed by atoms with van der Waals surface area (Å²) in [6.45, 7) is 1.68. The minimum atomic E-state index is -0.738. The van der Waals surface area contributed by atoms with Gasteiger partial charge in [-0.05, 0) is 32.6 Å². The molecule has 1 aliphatic heterocycles. The van der Waals surface area contributed by atoms with E-state index < -0.39 is 17.5 Å². The van der Waals surface area contributed by atoms with Crippen molar-refractivity contribution in [3.63, 3.8) is 0 Å². The SMILES string of the molecule is CN(C)CCCOC(=O)N1CC(CC#N)(n2cc(C(N)=O)c(Nc3ccccc3)n2)C1. The van der Waals surface area contributed by atoms with Crippen LogP contribution in [0.1, 0.15) is 23.2 Å². The van der Waals surface area contributed by atoms with Crippen molar-refractivity contribution in [1.29, 1.82) is 5.26 Å². The molecule has 0 saturated carbocycles. The van der Waals surface area contributed by atoms with Gasteiger partial charge >= 0.3 is 6.09 Å². The van der Waals surface area contributed by atoms with Crippen LogP contribution in [0.2, 0.25) is 0 Å². The highest BCUT2D eigenvalue weighted by Crippen LogP contribution is 2.34. The van der Waals surface area contributed by atoms with Gasteiger partial charge in [0.1, 0.15) is 11.1 Å². The van der Waals surface area contributed by atoms with Crippen LogP contribution < -0.4 is 11.1 Å². The maximum absolute atomic E-state index is 12.3. The highest BCUT2D eigenvalue weighted by atomic mass is 16.6. The molecule has 164 valence electrons. The summed E-state index contributed by atoms with van der Waals surface area (Å²) in [4.78, 5) is 27.8. The fraction of sp³-hybridized carbons (Fsp3) is 0.429. The molecule has 2 heterocycles. The Kier molecular flexibility index (Phi) is 6.77. The van der Waals surface area contributed by atoms with Crippen molar-refractivity contribution < 1.29 is 14.3 Å². The quantitative estimate of drug-likeness (QED) is 0.585. The molecule has 3 rings (SSSR count). The molecule has 10 nitrogen and oxygen atoms in total. The average Bonchev–Trinajstić information content (AvgIpc) is 3.12. The van der Waals surface area contributed by atoms with Gasteiger partial charge in [-0.15, -0.1) is 0 Å². The van der Waals surface area contributed by atoms with Gasteiger partial charge in [-0.1, -0.05) is 18.2 Å². The molecule has 0 aliphatic carbocycles. The van der Waals surface area contributed by atoms with Gasteiger partial charge in [0, 0.05) is 18.4 Å². The zero-order valence-electron chi connectivity index (χ0n) is 17.7. The molecule has 1 aromatic heterocycles. The number of aromatic nitrogens is 2. The number of para-hydroxylation sites is 1. The van der Waals surface area contributed by atoms with Gasteiger partial charge < -0.3 is 25.6 Å². The third-order valence-electron chi connectivity index (χ3n) is 5.11. The third-order valence-corrected chi connectivity index (χ3v) is 5.11. The Morgan fingerprint density at radius 3 is 2.65 bits per heavy atom. The Balaban J connectivity index is 1.72. The van der Waals surface area contributed by atoms with Crippen molar-refractivity contribution in [2.75, 3.05) is 45.7 Å². The van der Waals surface area contributed by atoms with Crippen LogP contribution in [0, 0.1) is 11.3 Å². The van der Waals surface area contributed by atoms with E-state index in [1.54, 1.807) is 4.68 Å². The number of nitriles is 1. The second-order valence-electron chi connectivity index (χ2n) is 7.88. The van der Waals surface area contributed by atoms with Gasteiger partial charge in [0.2, 0.25) is 0 Å². The lowest BCUT2D eigenvalue weighted by Gasteiger charge is -2.48. The number of amides is 2. The normalized spacial score (nSPS) is 14.6. The van der Waals surface area contributed by atoms with E-state index in [1.165, 1.54) is 11.1 Å². The molecule has 2 amide bonds. The van der Waals surface area contributed by atoms with Crippen LogP contribution in [0.4, 0.5) is 16.3 Å². The first-order valence-electron chi connectivity index (χ1n) is 10.00. The van der Waals surface area contributed by atoms with Gasteiger partial charge in [-0.25, -0.2) is 4.79 Å². The second-order valence-corrected chi connectivity index (χ2v) is 7.88. The lowest BCUT2D eigenvalue weighted by Crippen LogP contribution is -2.64. The highest BCUT2D eigenvalue weighted by Gasteiger charge is 2.48. The number of carbonyl (C=O) groups is 2. The molecule has 0 atom stereocenters. The van der Waals surface area contributed by atoms with Crippen LogP contribution >= 0.6 is 0 Å². The highest BCUT2D eigenvalue weighted by molar-refractivity contribution is 5.98. The number of benzene rings is 1. The fourth-order valence-corrected chi connectivity index (χ4v) is 3.46. The predicted octanol–water partition coefficient (Wildman–Crippen LogP) is 1.74. The number of nitrogens with two attached hydrogens (primary N) is 1. The monoisotopic (exact) mass is 425 g/mol. The number of rotatable bonds is 9. The summed E-state index contributed by atoms with van der Waals surface area (Å²) in [6.07, 6.45) is 1.98. The summed E-state index contributed by atoms with van der Waals surface area (Å²) >= 11 is 0. The van der Waals surface area contributed by atoms with Crippen LogP contribution in [-0.4, -0.2) is 71.9 Å². The summed E-state index contributed by atoms with van der Waals surface area (Å²) < 4.78 is 6.88. The molecule has 2 aromatic rings. The number of carbonyl (C=O) groups excluding carboxylic acids is 2. The van der Waals surface area contributed by atoms with Gasteiger partial charge in [0.05, 0.1) is 32.2 Å². The van der Waals surface area contributed by atoms with E-state index in [0.717, 1.165) is 18.7 Å². The van der Waals surface area contributed by atoms with Crippen LogP contribution in [-0.2, 0) is 10.3 Å². The predicted molar refractivity (Wildman–Crippen MR) is 115 cm³/mol. The zero-order chi connectivity index (χ0) is 22.4. The molecule has 0 unspecified atom stereocenters. The molecule has 1 aliphatic rings. The standard InChI is InChI=1S/C21H27N7O3/c1-26(2)11-6-12-31-20(30)27-14-21(15-27,9-10-22)28-13-17(18(23)29)19(25-28)24-16-7-4-3-5-8-16/h3-5,7-8,13H,6,9,11-12,14-15H2,1-2H3,(H2,23,29)(H,24,25). The maximum atomic E-state index is 12.3. The Morgan fingerprint density at radius 1 is 1.32 bits per heavy atom. The molecular weight excluding hydrogens is 398 g/mol. The first-order chi connectivity index (χ1) is 14.8. The molecule has 0 bridgehead atoms. The summed E-state index contributed by atoms with van der Waals surface area (Å²) in [5, 5.41) is 16.9. The second kappa shape index (κ2) is 9.49. The minimum absolute atomic E-state index is 0.127. The van der Waals surface area contributed by atoms with Crippen molar-refractivity contribution in [1.82, 2.24) is 19.6 Å². The molecule has 1 saturated heterocycles. The number of hydrogen-bond acceptors (Lipinski definition) is 7. The van der Waals surface area contributed by atoms with Crippen molar-refractivity contribution in [2.24, 2.45) is 5.73 Å². The van der Waals surface area contributed by atoms with E-state index in [-0.39, 0.29) is 25.1 Å². The number of primary amides is 1. The van der Waals surface area contributed by atoms with E-state index in [9.17, 15) is 14.9 Å². The number of nitrogens with zero attached hydrogens (tertiary/aromatic N) is 5. The molecule has 0 radical (unpaired) electrons. The van der Waals surface area contributed by atoms with Crippen LogP contribution in [0.25, 0.3) is 0 Å². The largest absolute Gasteiger partial charge is 0.449 e. The molecule has 3 N–H and O–H groups in total. The summed E-state index contributed by atoms with van der Waals surface area (Å²) in [5.41, 5.74) is 5.76. The van der Waals surface area contributed by atoms with Crippen LogP contribution in [0.5, 0.6) is 0 Å². The molecule has 1 fully saturated rings. The molecular formula is C21H27N7O3. The van der Waals surface area contributed by atoms with E-state index in [2.05, 4.69) is 16.5 Å². The first kappa shape index (κ1) is 22.1. The van der Waals surface area contributed by atoms with Crippen molar-refractivity contribution in [3.05, 3.63) is 42.1 Å². The van der Waals surface area contributed by atoms with E-state index in [4.69, 9.17) is 10.5 Å². The third kappa shape index (κ3) is 5.13. The van der Waals surface area contributed by atoms with Crippen LogP contribution in [0.15, 0.2) is 36.5 Å². The van der Waals surface area contributed by atoms with Crippen LogP contribution in [0.3, 0.4) is 0 Å². The first-order valence-corrected chi connectivity index (χ1v) is 10.00. The molecule has 10 heteroatoms. The smallest absolute Gasteiger partial charge is 0.409 e. The van der Waals surface area contributed by atoms with Gasteiger partial charge in [-0.3, -0.25) is 9.48 Å². The van der Waals surface area contributed by atoms with Gasteiger partial charge in [-0.2, -0.15) is 10.4 Å². The fourth-order valence-electron chi connectivity index (χ4n) is 3.46. The van der Waals surface area contributed by atoms with Crippen molar-refractivity contribution in [3.8, 4) is 6.07 Å². The molecule has 1 aromatic carbocycles. The maximum Gasteiger partial charge on any atom is 0.409 e. The number of anilines is 2. The lowest BCUT2D eigenvalue weighted by molar-refractivity contribution is -0.000619. The topological polar surface area (TPSA) is 130 Å². The number of likely N-dealkylation sites (tertiary alicyclic amines) is 1. The Morgan fingerprint density at radius 2 is 2.03 bits per heavy atom. The Bertz CT molecular complexity index is 959. The van der Waals surface area contributed by atoms with E-state index >= 15 is 0 Å².